The van der Waals surface area contributed by atoms with Gasteiger partial charge in [-0.25, -0.2) is 9.59 Å². The van der Waals surface area contributed by atoms with Gasteiger partial charge in [-0.2, -0.15) is 0 Å². The van der Waals surface area contributed by atoms with Crippen molar-refractivity contribution in [2.75, 3.05) is 6.61 Å². The molecule has 3 aliphatic carbocycles. The summed E-state index contributed by atoms with van der Waals surface area (Å²) in [5.41, 5.74) is -6.33. The number of aliphatic hydroxyl groups is 1. The smallest absolute Gasteiger partial charge is 0.454 e. The van der Waals surface area contributed by atoms with Crippen molar-refractivity contribution in [1.82, 2.24) is 0 Å². The fourth-order valence-electron chi connectivity index (χ4n) is 10.1. The number of Topliss-reactive ketones (excluding diaryl/α,β-unsaturated/α-hetero) is 1. The second-order valence-electron chi connectivity index (χ2n) is 15.6. The number of hydrogen-bond donors (Lipinski definition) is 1. The first-order valence-corrected chi connectivity index (χ1v) is 20.7. The number of hydrogen-bond acceptors (Lipinski definition) is 13. The number of carbonyl (C=O) groups is 5. The van der Waals surface area contributed by atoms with Crippen molar-refractivity contribution in [3.63, 3.8) is 0 Å². The molecule has 14 heteroatoms. The van der Waals surface area contributed by atoms with Crippen LogP contribution in [0.4, 0.5) is 4.79 Å². The first kappa shape index (κ1) is 38.1. The van der Waals surface area contributed by atoms with Crippen LogP contribution in [0.1, 0.15) is 79.1 Å². The minimum Gasteiger partial charge on any atom is -0.454 e. The molecule has 2 aliphatic heterocycles. The highest BCUT2D eigenvalue weighted by Gasteiger charge is 2.83. The molecule has 1 spiro atoms. The number of ketones is 1. The Balaban J connectivity index is 1.74. The topological polar surface area (TPSA) is 170 Å². The summed E-state index contributed by atoms with van der Waals surface area (Å²) in [4.78, 5) is 69.8. The molecule has 0 amide bonds. The zero-order valence-electron chi connectivity index (χ0n) is 31.3. The largest absolute Gasteiger partial charge is 0.509 e. The average molecular weight is 743 g/mol. The van der Waals surface area contributed by atoms with Gasteiger partial charge in [0.25, 0.3) is 0 Å². The van der Waals surface area contributed by atoms with Crippen LogP contribution >= 0.6 is 0 Å². The van der Waals surface area contributed by atoms with Crippen LogP contribution in [0.3, 0.4) is 0 Å². The summed E-state index contributed by atoms with van der Waals surface area (Å²) in [5, 5.41) is 12.0. The molecular weight excluding hydrogens is 692 g/mol. The van der Waals surface area contributed by atoms with Gasteiger partial charge in [0.05, 0.1) is 29.6 Å². The lowest BCUT2D eigenvalue weighted by Gasteiger charge is -2.68. The van der Waals surface area contributed by atoms with Crippen LogP contribution in [0.25, 0.3) is 0 Å². The minimum absolute atomic E-state index is 0.129. The Kier molecular flexibility index (Phi) is 9.58. The van der Waals surface area contributed by atoms with E-state index in [4.69, 9.17) is 32.8 Å². The SMILES string of the molecule is CC[Si](CC)(CC)O[C@H]1C[C@H]2OC[C@@]2(OC(C)=O)C2C(OC(=O)c3ccccc3)[C@]34OC(=O)O[C@H]3[C@H](O)C(C)=C([C@@H](OC(C)=O)C(=O)[C@@]21C)C4(C)C. The van der Waals surface area contributed by atoms with Gasteiger partial charge in [0.1, 0.15) is 12.2 Å². The van der Waals surface area contributed by atoms with Gasteiger partial charge >= 0.3 is 24.1 Å². The van der Waals surface area contributed by atoms with E-state index in [0.29, 0.717) is 0 Å². The van der Waals surface area contributed by atoms with Gasteiger partial charge in [0.2, 0.25) is 5.60 Å². The normalized spacial score (nSPS) is 37.5. The summed E-state index contributed by atoms with van der Waals surface area (Å²) in [5.74, 6) is -4.18. The van der Waals surface area contributed by atoms with Gasteiger partial charge in [-0.15, -0.1) is 0 Å². The predicted molar refractivity (Wildman–Crippen MR) is 185 cm³/mol. The zero-order chi connectivity index (χ0) is 38.2. The van der Waals surface area contributed by atoms with Gasteiger partial charge in [0, 0.05) is 25.7 Å². The van der Waals surface area contributed by atoms with Crippen molar-refractivity contribution in [3.8, 4) is 0 Å². The van der Waals surface area contributed by atoms with Crippen LogP contribution in [0.2, 0.25) is 18.1 Å². The lowest BCUT2D eigenvalue weighted by molar-refractivity contribution is -0.344. The van der Waals surface area contributed by atoms with E-state index in [1.165, 1.54) is 13.8 Å². The highest BCUT2D eigenvalue weighted by Crippen LogP contribution is 2.67. The Labute approximate surface area is 304 Å². The van der Waals surface area contributed by atoms with Crippen LogP contribution in [0.15, 0.2) is 41.5 Å². The summed E-state index contributed by atoms with van der Waals surface area (Å²) in [6.45, 7) is 15.0. The molecule has 284 valence electrons. The van der Waals surface area contributed by atoms with E-state index in [0.717, 1.165) is 18.1 Å². The van der Waals surface area contributed by atoms with Crippen LogP contribution in [0.5, 0.6) is 0 Å². The van der Waals surface area contributed by atoms with Crippen molar-refractivity contribution in [2.24, 2.45) is 16.7 Å². The number of rotatable bonds is 9. The summed E-state index contributed by atoms with van der Waals surface area (Å²) >= 11 is 0. The third-order valence-electron chi connectivity index (χ3n) is 13.0. The molecule has 6 rings (SSSR count). The molecule has 52 heavy (non-hydrogen) atoms. The molecule has 1 aromatic rings. The van der Waals surface area contributed by atoms with E-state index < -0.39 is 103 Å². The first-order valence-electron chi connectivity index (χ1n) is 18.2. The predicted octanol–water partition coefficient (Wildman–Crippen LogP) is 4.84. The Morgan fingerprint density at radius 2 is 1.60 bits per heavy atom. The van der Waals surface area contributed by atoms with Crippen LogP contribution in [-0.4, -0.2) is 97.7 Å². The van der Waals surface area contributed by atoms with Gasteiger partial charge < -0.3 is 38.0 Å². The Morgan fingerprint density at radius 1 is 0.962 bits per heavy atom. The van der Waals surface area contributed by atoms with Gasteiger partial charge in [-0.05, 0) is 55.3 Å². The number of esters is 3. The fraction of sp³-hybridized carbons (Fsp3) is 0.658. The van der Waals surface area contributed by atoms with E-state index in [1.807, 2.05) is 0 Å². The monoisotopic (exact) mass is 742 g/mol. The third-order valence-corrected chi connectivity index (χ3v) is 17.6. The Hall–Kier alpha value is -3.59. The first-order chi connectivity index (χ1) is 24.4. The second-order valence-corrected chi connectivity index (χ2v) is 20.3. The van der Waals surface area contributed by atoms with Crippen molar-refractivity contribution < 1.29 is 61.9 Å². The molecule has 0 radical (unpaired) electrons. The second kappa shape index (κ2) is 13.1. The summed E-state index contributed by atoms with van der Waals surface area (Å²) in [6, 6.07) is 10.4. The van der Waals surface area contributed by atoms with E-state index >= 15 is 4.79 Å². The van der Waals surface area contributed by atoms with E-state index in [1.54, 1.807) is 58.0 Å². The van der Waals surface area contributed by atoms with Crippen molar-refractivity contribution in [2.45, 2.75) is 135 Å². The molecule has 0 aromatic heterocycles. The Bertz CT molecular complexity index is 1680. The molecule has 10 atom stereocenters. The molecule has 5 aliphatic rings. The molecule has 1 aromatic carbocycles. The molecule has 2 saturated heterocycles. The number of aliphatic hydroxyl groups excluding tert-OH is 1. The quantitative estimate of drug-likeness (QED) is 0.158. The molecule has 2 bridgehead atoms. The maximum atomic E-state index is 15.8. The van der Waals surface area contributed by atoms with Crippen LogP contribution in [0, 0.1) is 16.7 Å². The van der Waals surface area contributed by atoms with E-state index in [2.05, 4.69) is 20.8 Å². The number of carbonyl (C=O) groups excluding carboxylic acids is 5. The molecular formula is C38H50O13Si. The summed E-state index contributed by atoms with van der Waals surface area (Å²) < 4.78 is 44.3. The maximum absolute atomic E-state index is 15.8. The Morgan fingerprint density at radius 3 is 2.13 bits per heavy atom. The highest BCUT2D eigenvalue weighted by atomic mass is 28.4. The number of fused-ring (bicyclic) bond motifs is 4. The van der Waals surface area contributed by atoms with Crippen molar-refractivity contribution in [1.29, 1.82) is 0 Å². The number of benzene rings is 1. The minimum atomic E-state index is -2.54. The maximum Gasteiger partial charge on any atom is 0.509 e. The lowest BCUT2D eigenvalue weighted by atomic mass is 9.44. The lowest BCUT2D eigenvalue weighted by Crippen LogP contribution is -2.83. The van der Waals surface area contributed by atoms with Gasteiger partial charge in [0.15, 0.2) is 38.0 Å². The molecule has 13 nitrogen and oxygen atoms in total. The summed E-state index contributed by atoms with van der Waals surface area (Å²) in [6.07, 6.45) is -9.00. The molecule has 4 fully saturated rings. The number of ether oxygens (including phenoxy) is 6. The summed E-state index contributed by atoms with van der Waals surface area (Å²) in [7, 11) is -2.54. The zero-order valence-corrected chi connectivity index (χ0v) is 32.3. The molecule has 2 saturated carbocycles. The van der Waals surface area contributed by atoms with Crippen molar-refractivity contribution in [3.05, 3.63) is 47.0 Å². The van der Waals surface area contributed by atoms with Crippen LogP contribution in [-0.2, 0) is 47.2 Å². The average Bonchev–Trinajstić information content (AvgIpc) is 3.47. The van der Waals surface area contributed by atoms with Gasteiger partial charge in [-0.1, -0.05) is 52.8 Å². The standard InChI is InChI=1S/C38H50O13Si/c1-10-52(11-2,12-3)51-24-18-25-37(19-45-25,49-22(6)40)29-32(47-33(43)23-16-14-13-15-17-23)38-31(48-34(44)50-38)27(41)20(4)26(35(38,7)8)28(46-21(5)39)30(42)36(24,29)9/h13-17,24-25,27-29,31-32,41H,10-12,18-19H2,1-9H3/t24-,25+,27+,28+,29?,31-,32?,36+,37-,38+/m0/s1. The highest BCUT2D eigenvalue weighted by molar-refractivity contribution is 6.73. The van der Waals surface area contributed by atoms with E-state index in [9.17, 15) is 24.3 Å². The molecule has 1 N–H and O–H groups in total. The molecule has 2 unspecified atom stereocenters. The van der Waals surface area contributed by atoms with Crippen molar-refractivity contribution >= 4 is 38.2 Å². The van der Waals surface area contributed by atoms with Crippen LogP contribution < -0.4 is 0 Å². The molecule has 2 heterocycles. The third kappa shape index (κ3) is 5.22. The van der Waals surface area contributed by atoms with E-state index in [-0.39, 0.29) is 29.7 Å². The van der Waals surface area contributed by atoms with Gasteiger partial charge in [-0.3, -0.25) is 14.4 Å². The fourth-order valence-corrected chi connectivity index (χ4v) is 13.0.